The SMILES string of the molecule is Cc1ccc(C(=O)O)cc1N(CCC(=O)O)CC(=O)O. The average molecular weight is 281 g/mol. The molecule has 108 valence electrons. The van der Waals surface area contributed by atoms with Gasteiger partial charge < -0.3 is 20.2 Å². The molecule has 0 aliphatic carbocycles. The summed E-state index contributed by atoms with van der Waals surface area (Å²) in [6, 6.07) is 4.33. The molecule has 0 bridgehead atoms. The van der Waals surface area contributed by atoms with Crippen molar-refractivity contribution in [3.05, 3.63) is 29.3 Å². The van der Waals surface area contributed by atoms with E-state index in [2.05, 4.69) is 0 Å². The number of aryl methyl sites for hydroxylation is 1. The second kappa shape index (κ2) is 6.55. The normalized spacial score (nSPS) is 10.1. The van der Waals surface area contributed by atoms with Crippen LogP contribution < -0.4 is 4.90 Å². The number of anilines is 1. The van der Waals surface area contributed by atoms with Gasteiger partial charge in [-0.2, -0.15) is 0 Å². The van der Waals surface area contributed by atoms with Crippen molar-refractivity contribution in [3.8, 4) is 0 Å². The van der Waals surface area contributed by atoms with Gasteiger partial charge in [0.25, 0.3) is 0 Å². The first kappa shape index (κ1) is 15.5. The zero-order valence-electron chi connectivity index (χ0n) is 10.9. The van der Waals surface area contributed by atoms with E-state index in [-0.39, 0.29) is 18.5 Å². The molecule has 7 nitrogen and oxygen atoms in total. The van der Waals surface area contributed by atoms with Crippen LogP contribution in [0.2, 0.25) is 0 Å². The molecule has 0 aromatic heterocycles. The fourth-order valence-electron chi connectivity index (χ4n) is 1.76. The lowest BCUT2D eigenvalue weighted by Gasteiger charge is -2.24. The fourth-order valence-corrected chi connectivity index (χ4v) is 1.76. The van der Waals surface area contributed by atoms with E-state index in [1.165, 1.54) is 17.0 Å². The van der Waals surface area contributed by atoms with E-state index >= 15 is 0 Å². The van der Waals surface area contributed by atoms with Crippen LogP contribution in [0.3, 0.4) is 0 Å². The van der Waals surface area contributed by atoms with Crippen molar-refractivity contribution in [1.82, 2.24) is 0 Å². The maximum atomic E-state index is 10.9. The van der Waals surface area contributed by atoms with Crippen LogP contribution >= 0.6 is 0 Å². The molecule has 1 rings (SSSR count). The van der Waals surface area contributed by atoms with Crippen LogP contribution in [0.5, 0.6) is 0 Å². The molecule has 1 aromatic rings. The first-order valence-corrected chi connectivity index (χ1v) is 5.83. The van der Waals surface area contributed by atoms with Crippen LogP contribution in [0.4, 0.5) is 5.69 Å². The third kappa shape index (κ3) is 4.27. The molecule has 0 saturated carbocycles. The Labute approximate surface area is 115 Å². The van der Waals surface area contributed by atoms with Gasteiger partial charge in [0.15, 0.2) is 0 Å². The minimum absolute atomic E-state index is 0.00839. The lowest BCUT2D eigenvalue weighted by atomic mass is 10.1. The fraction of sp³-hybridized carbons (Fsp3) is 0.308. The van der Waals surface area contributed by atoms with Gasteiger partial charge in [0.05, 0.1) is 12.0 Å². The molecule has 0 amide bonds. The number of nitrogens with zero attached hydrogens (tertiary/aromatic N) is 1. The van der Waals surface area contributed by atoms with Crippen molar-refractivity contribution in [2.45, 2.75) is 13.3 Å². The van der Waals surface area contributed by atoms with Gasteiger partial charge in [-0.3, -0.25) is 9.59 Å². The summed E-state index contributed by atoms with van der Waals surface area (Å²) < 4.78 is 0. The highest BCUT2D eigenvalue weighted by Gasteiger charge is 2.16. The molecule has 0 spiro atoms. The van der Waals surface area contributed by atoms with Crippen molar-refractivity contribution in [1.29, 1.82) is 0 Å². The Bertz CT molecular complexity index is 540. The van der Waals surface area contributed by atoms with Crippen molar-refractivity contribution in [2.75, 3.05) is 18.0 Å². The number of carbonyl (C=O) groups is 3. The van der Waals surface area contributed by atoms with E-state index in [1.807, 2.05) is 0 Å². The third-order valence-corrected chi connectivity index (χ3v) is 2.72. The maximum absolute atomic E-state index is 10.9. The zero-order valence-corrected chi connectivity index (χ0v) is 10.9. The van der Waals surface area contributed by atoms with Gasteiger partial charge in [-0.15, -0.1) is 0 Å². The van der Waals surface area contributed by atoms with Gasteiger partial charge in [-0.25, -0.2) is 4.79 Å². The Morgan fingerprint density at radius 1 is 1.10 bits per heavy atom. The number of hydrogen-bond acceptors (Lipinski definition) is 4. The van der Waals surface area contributed by atoms with E-state index in [4.69, 9.17) is 15.3 Å². The van der Waals surface area contributed by atoms with Crippen LogP contribution in [0, 0.1) is 6.92 Å². The minimum atomic E-state index is -1.13. The first-order valence-electron chi connectivity index (χ1n) is 5.83. The Balaban J connectivity index is 3.10. The number of aromatic carboxylic acids is 1. The van der Waals surface area contributed by atoms with Crippen LogP contribution in [0.15, 0.2) is 18.2 Å². The number of hydrogen-bond donors (Lipinski definition) is 3. The molecule has 0 unspecified atom stereocenters. The van der Waals surface area contributed by atoms with E-state index in [0.29, 0.717) is 11.3 Å². The molecule has 20 heavy (non-hydrogen) atoms. The van der Waals surface area contributed by atoms with E-state index in [0.717, 1.165) is 0 Å². The van der Waals surface area contributed by atoms with Crippen molar-refractivity contribution < 1.29 is 29.7 Å². The molecular weight excluding hydrogens is 266 g/mol. The van der Waals surface area contributed by atoms with Crippen molar-refractivity contribution in [2.24, 2.45) is 0 Å². The summed E-state index contributed by atoms with van der Waals surface area (Å²) >= 11 is 0. The van der Waals surface area contributed by atoms with Gasteiger partial charge in [-0.05, 0) is 24.6 Å². The van der Waals surface area contributed by atoms with Crippen LogP contribution in [-0.2, 0) is 9.59 Å². The minimum Gasteiger partial charge on any atom is -0.481 e. The molecule has 0 atom stereocenters. The Morgan fingerprint density at radius 3 is 2.25 bits per heavy atom. The van der Waals surface area contributed by atoms with Crippen LogP contribution in [0.1, 0.15) is 22.3 Å². The summed E-state index contributed by atoms with van der Waals surface area (Å²) in [6.07, 6.45) is -0.232. The molecule has 7 heteroatoms. The summed E-state index contributed by atoms with van der Waals surface area (Å²) in [5.74, 6) is -3.29. The second-order valence-electron chi connectivity index (χ2n) is 4.27. The zero-order chi connectivity index (χ0) is 15.3. The highest BCUT2D eigenvalue weighted by molar-refractivity contribution is 5.89. The summed E-state index contributed by atoms with van der Waals surface area (Å²) in [4.78, 5) is 33.8. The lowest BCUT2D eigenvalue weighted by molar-refractivity contribution is -0.138. The second-order valence-corrected chi connectivity index (χ2v) is 4.27. The van der Waals surface area contributed by atoms with Crippen molar-refractivity contribution >= 4 is 23.6 Å². The Morgan fingerprint density at radius 2 is 1.75 bits per heavy atom. The average Bonchev–Trinajstić information content (AvgIpc) is 2.34. The van der Waals surface area contributed by atoms with E-state index in [9.17, 15) is 14.4 Å². The number of benzene rings is 1. The van der Waals surface area contributed by atoms with Crippen LogP contribution in [0.25, 0.3) is 0 Å². The highest BCUT2D eigenvalue weighted by atomic mass is 16.4. The summed E-state index contributed by atoms with van der Waals surface area (Å²) in [5, 5.41) is 26.5. The molecule has 0 saturated heterocycles. The highest BCUT2D eigenvalue weighted by Crippen LogP contribution is 2.22. The summed E-state index contributed by atoms with van der Waals surface area (Å²) in [5.41, 5.74) is 1.12. The molecular formula is C13H15NO6. The predicted molar refractivity (Wildman–Crippen MR) is 70.2 cm³/mol. The maximum Gasteiger partial charge on any atom is 0.335 e. The van der Waals surface area contributed by atoms with E-state index in [1.54, 1.807) is 13.0 Å². The monoisotopic (exact) mass is 281 g/mol. The van der Waals surface area contributed by atoms with Crippen LogP contribution in [-0.4, -0.2) is 46.3 Å². The topological polar surface area (TPSA) is 115 Å². The molecule has 0 fully saturated rings. The van der Waals surface area contributed by atoms with Gasteiger partial charge in [0, 0.05) is 12.2 Å². The summed E-state index contributed by atoms with van der Waals surface area (Å²) in [6.45, 7) is 1.30. The van der Waals surface area contributed by atoms with E-state index < -0.39 is 24.5 Å². The van der Waals surface area contributed by atoms with Gasteiger partial charge in [0.1, 0.15) is 6.54 Å². The number of aliphatic carboxylic acids is 2. The number of carboxylic acids is 3. The number of rotatable bonds is 7. The smallest absolute Gasteiger partial charge is 0.335 e. The Kier molecular flexibility index (Phi) is 5.08. The largest absolute Gasteiger partial charge is 0.481 e. The molecule has 3 N–H and O–H groups in total. The quantitative estimate of drug-likeness (QED) is 0.684. The predicted octanol–water partition coefficient (Wildman–Crippen LogP) is 1.06. The van der Waals surface area contributed by atoms with Gasteiger partial charge in [-0.1, -0.05) is 6.07 Å². The standard InChI is InChI=1S/C13H15NO6/c1-8-2-3-9(13(19)20)6-10(8)14(7-12(17)18)5-4-11(15)16/h2-3,6H,4-5,7H2,1H3,(H,15,16)(H,17,18)(H,19,20). The molecule has 0 aliphatic heterocycles. The molecule has 0 aliphatic rings. The van der Waals surface area contributed by atoms with Crippen molar-refractivity contribution in [3.63, 3.8) is 0 Å². The summed E-state index contributed by atoms with van der Waals surface area (Å²) in [7, 11) is 0. The van der Waals surface area contributed by atoms with Gasteiger partial charge in [0.2, 0.25) is 0 Å². The molecule has 0 radical (unpaired) electrons. The molecule has 1 aromatic carbocycles. The number of carboxylic acid groups (broad SMARTS) is 3. The molecule has 0 heterocycles. The lowest BCUT2D eigenvalue weighted by Crippen LogP contribution is -2.32. The van der Waals surface area contributed by atoms with Gasteiger partial charge >= 0.3 is 17.9 Å². The third-order valence-electron chi connectivity index (χ3n) is 2.72. The Hall–Kier alpha value is -2.57. The first-order chi connectivity index (χ1) is 9.31.